The number of rotatable bonds is 8. The summed E-state index contributed by atoms with van der Waals surface area (Å²) >= 11 is 0. The van der Waals surface area contributed by atoms with Crippen LogP contribution in [-0.4, -0.2) is 48.1 Å². The molecule has 2 amide bonds. The fourth-order valence-corrected chi connectivity index (χ4v) is 3.63. The molecule has 1 N–H and O–H groups in total. The van der Waals surface area contributed by atoms with Gasteiger partial charge in [0, 0.05) is 44.0 Å². The molecule has 1 aliphatic rings. The van der Waals surface area contributed by atoms with Crippen molar-refractivity contribution in [3.63, 3.8) is 0 Å². The minimum absolute atomic E-state index is 0.0489. The normalized spacial score (nSPS) is 14.4. The maximum Gasteiger partial charge on any atom is 0.321 e. The van der Waals surface area contributed by atoms with Gasteiger partial charge in [-0.15, -0.1) is 0 Å². The second kappa shape index (κ2) is 9.79. The van der Waals surface area contributed by atoms with E-state index < -0.39 is 0 Å². The van der Waals surface area contributed by atoms with Crippen molar-refractivity contribution in [2.75, 3.05) is 31.5 Å². The molecular weight excluding hydrogens is 362 g/mol. The van der Waals surface area contributed by atoms with Crippen molar-refractivity contribution in [2.24, 2.45) is 11.8 Å². The van der Waals surface area contributed by atoms with Crippen LogP contribution in [0.5, 0.6) is 11.5 Å². The van der Waals surface area contributed by atoms with E-state index in [4.69, 9.17) is 4.74 Å². The maximum atomic E-state index is 12.6. The second-order valence-corrected chi connectivity index (χ2v) is 8.67. The van der Waals surface area contributed by atoms with Crippen LogP contribution < -0.4 is 10.1 Å². The van der Waals surface area contributed by atoms with Crippen LogP contribution in [0, 0.1) is 11.8 Å². The van der Waals surface area contributed by atoms with Crippen molar-refractivity contribution >= 4 is 11.7 Å². The van der Waals surface area contributed by atoms with E-state index in [1.165, 1.54) is 0 Å². The molecule has 0 spiro atoms. The molecule has 2 aromatic carbocycles. The number of para-hydroxylation sites is 1. The number of anilines is 1. The molecule has 0 unspecified atom stereocenters. The summed E-state index contributed by atoms with van der Waals surface area (Å²) in [5, 5.41) is 3.00. The molecule has 0 bridgehead atoms. The van der Waals surface area contributed by atoms with Gasteiger partial charge in [-0.1, -0.05) is 52.0 Å². The molecule has 0 atom stereocenters. The lowest BCUT2D eigenvalue weighted by Gasteiger charge is -2.46. The van der Waals surface area contributed by atoms with Gasteiger partial charge >= 0.3 is 6.03 Å². The lowest BCUT2D eigenvalue weighted by atomic mass is 10.0. The maximum absolute atomic E-state index is 12.6. The van der Waals surface area contributed by atoms with E-state index in [9.17, 15) is 4.79 Å². The molecule has 1 heterocycles. The number of hydrogen-bond donors (Lipinski definition) is 1. The lowest BCUT2D eigenvalue weighted by molar-refractivity contribution is 0.0464. The highest BCUT2D eigenvalue weighted by atomic mass is 16.5. The molecule has 1 saturated heterocycles. The Morgan fingerprint density at radius 3 is 2.24 bits per heavy atom. The zero-order valence-corrected chi connectivity index (χ0v) is 18.0. The molecule has 29 heavy (non-hydrogen) atoms. The van der Waals surface area contributed by atoms with Gasteiger partial charge in [-0.3, -0.25) is 4.90 Å². The Balaban J connectivity index is 1.53. The Morgan fingerprint density at radius 1 is 1.00 bits per heavy atom. The van der Waals surface area contributed by atoms with Crippen molar-refractivity contribution in [2.45, 2.75) is 33.7 Å². The number of nitrogens with one attached hydrogen (secondary N) is 1. The highest BCUT2D eigenvalue weighted by molar-refractivity contribution is 5.90. The number of ether oxygens (including phenoxy) is 1. The van der Waals surface area contributed by atoms with E-state index in [1.807, 2.05) is 59.5 Å². The number of benzene rings is 2. The summed E-state index contributed by atoms with van der Waals surface area (Å²) < 4.78 is 5.85. The summed E-state index contributed by atoms with van der Waals surface area (Å²) in [6.07, 6.45) is 0. The third-order valence-corrected chi connectivity index (χ3v) is 4.93. The molecule has 0 radical (unpaired) electrons. The monoisotopic (exact) mass is 395 g/mol. The van der Waals surface area contributed by atoms with Crippen LogP contribution in [0.2, 0.25) is 0 Å². The third-order valence-electron chi connectivity index (χ3n) is 4.93. The minimum atomic E-state index is -0.0489. The van der Waals surface area contributed by atoms with E-state index in [2.05, 4.69) is 37.9 Å². The number of carbonyl (C=O) groups is 1. The molecule has 5 nitrogen and oxygen atoms in total. The van der Waals surface area contributed by atoms with Crippen LogP contribution in [0.1, 0.15) is 27.7 Å². The van der Waals surface area contributed by atoms with Crippen LogP contribution in [0.25, 0.3) is 0 Å². The number of carbonyl (C=O) groups excluding carboxylic acids is 1. The lowest BCUT2D eigenvalue weighted by Crippen LogP contribution is -2.62. The van der Waals surface area contributed by atoms with Crippen LogP contribution in [-0.2, 0) is 0 Å². The Kier molecular flexibility index (Phi) is 7.15. The van der Waals surface area contributed by atoms with Crippen molar-refractivity contribution in [1.29, 1.82) is 0 Å². The largest absolute Gasteiger partial charge is 0.457 e. The van der Waals surface area contributed by atoms with E-state index in [0.29, 0.717) is 23.6 Å². The number of amides is 2. The van der Waals surface area contributed by atoms with Gasteiger partial charge in [0.1, 0.15) is 11.5 Å². The van der Waals surface area contributed by atoms with E-state index >= 15 is 0 Å². The summed E-state index contributed by atoms with van der Waals surface area (Å²) in [5.74, 6) is 2.74. The van der Waals surface area contributed by atoms with Gasteiger partial charge < -0.3 is 15.0 Å². The summed E-state index contributed by atoms with van der Waals surface area (Å²) in [5.41, 5.74) is 0.744. The number of nitrogens with zero attached hydrogens (tertiary/aromatic N) is 2. The molecule has 1 fully saturated rings. The zero-order valence-electron chi connectivity index (χ0n) is 18.0. The predicted molar refractivity (Wildman–Crippen MR) is 119 cm³/mol. The first-order valence-electron chi connectivity index (χ1n) is 10.5. The first kappa shape index (κ1) is 21.2. The minimum Gasteiger partial charge on any atom is -0.457 e. The number of hydrogen-bond acceptors (Lipinski definition) is 3. The third kappa shape index (κ3) is 6.23. The van der Waals surface area contributed by atoms with Crippen molar-refractivity contribution in [3.05, 3.63) is 54.6 Å². The molecular formula is C24H33N3O2. The molecule has 0 aromatic heterocycles. The van der Waals surface area contributed by atoms with E-state index in [0.717, 1.165) is 37.6 Å². The summed E-state index contributed by atoms with van der Waals surface area (Å²) in [4.78, 5) is 17.0. The number of urea groups is 1. The first-order valence-corrected chi connectivity index (χ1v) is 10.5. The first-order chi connectivity index (χ1) is 13.9. The van der Waals surface area contributed by atoms with Crippen molar-refractivity contribution < 1.29 is 9.53 Å². The topological polar surface area (TPSA) is 44.8 Å². The molecule has 5 heteroatoms. The smallest absolute Gasteiger partial charge is 0.321 e. The second-order valence-electron chi connectivity index (χ2n) is 8.67. The van der Waals surface area contributed by atoms with Gasteiger partial charge in [-0.2, -0.15) is 0 Å². The Hall–Kier alpha value is -2.53. The fraction of sp³-hybridized carbons (Fsp3) is 0.458. The Morgan fingerprint density at radius 2 is 1.62 bits per heavy atom. The molecule has 1 aliphatic heterocycles. The quantitative estimate of drug-likeness (QED) is 0.659. The fourth-order valence-electron chi connectivity index (χ4n) is 3.63. The van der Waals surface area contributed by atoms with Crippen molar-refractivity contribution in [3.8, 4) is 11.5 Å². The molecule has 3 rings (SSSR count). The highest BCUT2D eigenvalue weighted by Crippen LogP contribution is 2.25. The summed E-state index contributed by atoms with van der Waals surface area (Å²) in [6.45, 7) is 12.7. The van der Waals surface area contributed by atoms with E-state index in [1.54, 1.807) is 0 Å². The standard InChI is InChI=1S/C24H33N3O2/c1-18(2)14-26(15-19(3)4)21-16-27(17-21)24(28)25-20-9-8-12-23(13-20)29-22-10-6-5-7-11-22/h5-13,18-19,21H,14-17H2,1-4H3,(H,25,28). The molecule has 0 saturated carbocycles. The van der Waals surface area contributed by atoms with Gasteiger partial charge in [0.2, 0.25) is 0 Å². The molecule has 156 valence electrons. The zero-order chi connectivity index (χ0) is 20.8. The van der Waals surface area contributed by atoms with Gasteiger partial charge in [0.25, 0.3) is 0 Å². The average molecular weight is 396 g/mol. The van der Waals surface area contributed by atoms with Gasteiger partial charge in [-0.25, -0.2) is 4.79 Å². The average Bonchev–Trinajstić information content (AvgIpc) is 2.60. The number of likely N-dealkylation sites (tertiary alicyclic amines) is 1. The Bertz CT molecular complexity index is 776. The van der Waals surface area contributed by atoms with Crippen LogP contribution in [0.3, 0.4) is 0 Å². The molecule has 0 aliphatic carbocycles. The van der Waals surface area contributed by atoms with Crippen LogP contribution in [0.15, 0.2) is 54.6 Å². The van der Waals surface area contributed by atoms with Gasteiger partial charge in [-0.05, 0) is 36.1 Å². The van der Waals surface area contributed by atoms with Crippen molar-refractivity contribution in [1.82, 2.24) is 9.80 Å². The molecule has 2 aromatic rings. The summed E-state index contributed by atoms with van der Waals surface area (Å²) in [7, 11) is 0. The van der Waals surface area contributed by atoms with Gasteiger partial charge in [0.05, 0.1) is 0 Å². The van der Waals surface area contributed by atoms with Crippen LogP contribution in [0.4, 0.5) is 10.5 Å². The summed E-state index contributed by atoms with van der Waals surface area (Å²) in [6, 6.07) is 17.6. The SMILES string of the molecule is CC(C)CN(CC(C)C)C1CN(C(=O)Nc2cccc(Oc3ccccc3)c2)C1. The van der Waals surface area contributed by atoms with E-state index in [-0.39, 0.29) is 6.03 Å². The highest BCUT2D eigenvalue weighted by Gasteiger charge is 2.35. The predicted octanol–water partition coefficient (Wildman–Crippen LogP) is 5.31. The van der Waals surface area contributed by atoms with Crippen LogP contribution >= 0.6 is 0 Å². The Labute approximate surface area is 174 Å². The van der Waals surface area contributed by atoms with Gasteiger partial charge in [0.15, 0.2) is 0 Å².